The fourth-order valence-electron chi connectivity index (χ4n) is 6.44. The van der Waals surface area contributed by atoms with E-state index >= 15 is 0 Å². The summed E-state index contributed by atoms with van der Waals surface area (Å²) in [6.07, 6.45) is 0.0805. The van der Waals surface area contributed by atoms with Gasteiger partial charge in [-0.05, 0) is 45.5 Å². The highest BCUT2D eigenvalue weighted by Gasteiger charge is 2.64. The van der Waals surface area contributed by atoms with Gasteiger partial charge in [-0.3, -0.25) is 24.2 Å². The smallest absolute Gasteiger partial charge is 0.255 e. The summed E-state index contributed by atoms with van der Waals surface area (Å²) in [5, 5.41) is 44.8. The minimum Gasteiger partial charge on any atom is -0.508 e. The first-order valence-electron chi connectivity index (χ1n) is 12.7. The largest absolute Gasteiger partial charge is 0.508 e. The molecule has 11 nitrogen and oxygen atoms in total. The molecule has 3 aliphatic rings. The van der Waals surface area contributed by atoms with Crippen LogP contribution in [0.2, 0.25) is 0 Å². The van der Waals surface area contributed by atoms with Gasteiger partial charge in [0.15, 0.2) is 11.4 Å². The zero-order valence-corrected chi connectivity index (χ0v) is 22.3. The zero-order chi connectivity index (χ0) is 29.0. The van der Waals surface area contributed by atoms with E-state index in [9.17, 15) is 39.2 Å². The van der Waals surface area contributed by atoms with Crippen LogP contribution in [0.4, 0.5) is 4.39 Å². The molecular weight excluding hydrogens is 513 g/mol. The topological polar surface area (TPSA) is 174 Å². The molecule has 0 unspecified atom stereocenters. The van der Waals surface area contributed by atoms with Crippen molar-refractivity contribution in [3.63, 3.8) is 0 Å². The summed E-state index contributed by atoms with van der Waals surface area (Å²) in [6, 6.07) is 0.215. The molecule has 3 aliphatic carbocycles. The van der Waals surface area contributed by atoms with Crippen molar-refractivity contribution >= 4 is 23.2 Å². The summed E-state index contributed by atoms with van der Waals surface area (Å²) in [4.78, 5) is 42.4. The minimum atomic E-state index is -2.70. The number of carbonyl (C=O) groups excluding carboxylic acids is 3. The van der Waals surface area contributed by atoms with E-state index in [2.05, 4.69) is 0 Å². The second-order valence-corrected chi connectivity index (χ2v) is 10.5. The number of aliphatic hydroxyl groups is 3. The van der Waals surface area contributed by atoms with E-state index in [1.807, 2.05) is 11.8 Å². The van der Waals surface area contributed by atoms with Crippen LogP contribution in [-0.2, 0) is 27.3 Å². The molecule has 1 amide bonds. The highest BCUT2D eigenvalue weighted by molar-refractivity contribution is 6.24. The maximum atomic E-state index is 13.9. The van der Waals surface area contributed by atoms with Crippen molar-refractivity contribution in [1.82, 2.24) is 9.80 Å². The number of alkyl halides is 1. The van der Waals surface area contributed by atoms with Gasteiger partial charge in [0, 0.05) is 35.7 Å². The Hall–Kier alpha value is -3.48. The Balaban J connectivity index is 1.91. The first-order valence-corrected chi connectivity index (χ1v) is 12.7. The van der Waals surface area contributed by atoms with E-state index in [1.165, 1.54) is 32.2 Å². The highest BCUT2D eigenvalue weighted by atomic mass is 19.1. The number of fused-ring (bicyclic) bond motifs is 3. The number of likely N-dealkylation sites (N-methyl/N-ethyl adjacent to an activating group) is 1. The van der Waals surface area contributed by atoms with Gasteiger partial charge in [0.1, 0.15) is 35.3 Å². The van der Waals surface area contributed by atoms with E-state index in [-0.39, 0.29) is 42.8 Å². The predicted molar refractivity (Wildman–Crippen MR) is 138 cm³/mol. The zero-order valence-electron chi connectivity index (χ0n) is 22.3. The molecule has 0 heterocycles. The van der Waals surface area contributed by atoms with Crippen LogP contribution in [0.5, 0.6) is 11.5 Å². The van der Waals surface area contributed by atoms with Gasteiger partial charge in [-0.1, -0.05) is 6.92 Å². The molecule has 1 aromatic rings. The number of phenolic OH excluding ortho intramolecular Hbond substituents is 1. The number of rotatable bonds is 8. The van der Waals surface area contributed by atoms with Gasteiger partial charge in [0.05, 0.1) is 18.7 Å². The van der Waals surface area contributed by atoms with Crippen LogP contribution in [0.3, 0.4) is 0 Å². The van der Waals surface area contributed by atoms with Crippen molar-refractivity contribution in [2.24, 2.45) is 17.6 Å². The number of halogens is 1. The third kappa shape index (κ3) is 4.17. The molecule has 1 aromatic carbocycles. The standard InChI is InChI=1S/C27H34FN3O8/c1-5-31(7-6-28)11-13-10-16(32)18-14(23(13)39-4)8-12-9-15-20(30(2)3)22(34)19(26(29)37)25(36)27(15,38)24(35)17(12)21(18)33/h10,12,15,20,32-33,36,38H,5-9,11H2,1-4H3,(H2,29,37)/t12-,15-,20-,27-/m0/s1. The molecule has 212 valence electrons. The average molecular weight is 548 g/mol. The van der Waals surface area contributed by atoms with Gasteiger partial charge >= 0.3 is 0 Å². The number of methoxy groups -OCH3 is 1. The number of primary amides is 1. The molecule has 0 saturated heterocycles. The maximum absolute atomic E-state index is 13.9. The van der Waals surface area contributed by atoms with Crippen molar-refractivity contribution in [2.75, 3.05) is 41.0 Å². The summed E-state index contributed by atoms with van der Waals surface area (Å²) in [6.45, 7) is 2.30. The van der Waals surface area contributed by atoms with Crippen molar-refractivity contribution in [1.29, 1.82) is 0 Å². The Morgan fingerprint density at radius 1 is 1.26 bits per heavy atom. The van der Waals surface area contributed by atoms with Crippen LogP contribution >= 0.6 is 0 Å². The fraction of sp³-hybridized carbons (Fsp3) is 0.519. The van der Waals surface area contributed by atoms with E-state index in [4.69, 9.17) is 10.5 Å². The Bertz CT molecular complexity index is 1310. The third-order valence-electron chi connectivity index (χ3n) is 8.19. The normalized spacial score (nSPS) is 26.6. The number of carbonyl (C=O) groups is 3. The summed E-state index contributed by atoms with van der Waals surface area (Å²) in [7, 11) is 4.51. The number of aliphatic hydroxyl groups excluding tert-OH is 2. The molecule has 0 aliphatic heterocycles. The number of amides is 1. The number of nitrogens with two attached hydrogens (primary N) is 1. The molecule has 39 heavy (non-hydrogen) atoms. The molecule has 0 aromatic heterocycles. The molecule has 1 fully saturated rings. The minimum absolute atomic E-state index is 0.0250. The van der Waals surface area contributed by atoms with E-state index in [1.54, 1.807) is 0 Å². The Labute approximate surface area is 224 Å². The first kappa shape index (κ1) is 28.5. The molecule has 0 radical (unpaired) electrons. The van der Waals surface area contributed by atoms with Gasteiger partial charge in [-0.15, -0.1) is 0 Å². The van der Waals surface area contributed by atoms with E-state index in [0.29, 0.717) is 23.4 Å². The number of hydrogen-bond acceptors (Lipinski definition) is 10. The van der Waals surface area contributed by atoms with Gasteiger partial charge in [0.2, 0.25) is 5.78 Å². The molecule has 4 rings (SSSR count). The van der Waals surface area contributed by atoms with Crippen LogP contribution in [-0.4, -0.2) is 100 Å². The lowest BCUT2D eigenvalue weighted by Gasteiger charge is -2.50. The highest BCUT2D eigenvalue weighted by Crippen LogP contribution is 2.54. The lowest BCUT2D eigenvalue weighted by Crippen LogP contribution is -2.65. The number of phenols is 1. The molecule has 4 atom stereocenters. The molecule has 0 bridgehead atoms. The predicted octanol–water partition coefficient (Wildman–Crippen LogP) is 0.764. The average Bonchev–Trinajstić information content (AvgIpc) is 2.85. The SMILES string of the molecule is CCN(CCF)Cc1cc(O)c2c(c1OC)C[C@H]1C[C@H]3[C@H](N(C)C)C(=O)C(C(N)=O)=C(O)[C@@]3(O)C(=O)C1=C2O. The van der Waals surface area contributed by atoms with E-state index in [0.717, 1.165) is 0 Å². The number of nitrogens with zero attached hydrogens (tertiary/aromatic N) is 2. The Kier molecular flexibility index (Phi) is 7.50. The maximum Gasteiger partial charge on any atom is 0.255 e. The molecule has 1 saturated carbocycles. The van der Waals surface area contributed by atoms with Crippen molar-refractivity contribution < 1.29 is 43.9 Å². The molecular formula is C27H34FN3O8. The fourth-order valence-corrected chi connectivity index (χ4v) is 6.44. The van der Waals surface area contributed by atoms with Gasteiger partial charge in [-0.25, -0.2) is 4.39 Å². The second kappa shape index (κ2) is 10.2. The summed E-state index contributed by atoms with van der Waals surface area (Å²) < 4.78 is 18.7. The second-order valence-electron chi connectivity index (χ2n) is 10.5. The van der Waals surface area contributed by atoms with Gasteiger partial charge in [-0.2, -0.15) is 0 Å². The molecule has 6 N–H and O–H groups in total. The first-order chi connectivity index (χ1) is 18.3. The van der Waals surface area contributed by atoms with Crippen molar-refractivity contribution in [2.45, 2.75) is 38.0 Å². The number of ketones is 2. The number of ether oxygens (including phenoxy) is 1. The lowest BCUT2D eigenvalue weighted by molar-refractivity contribution is -0.153. The van der Waals surface area contributed by atoms with Gasteiger partial charge < -0.3 is 30.9 Å². The van der Waals surface area contributed by atoms with Crippen molar-refractivity contribution in [3.8, 4) is 11.5 Å². The van der Waals surface area contributed by atoms with Crippen molar-refractivity contribution in [3.05, 3.63) is 39.7 Å². The third-order valence-corrected chi connectivity index (χ3v) is 8.19. The number of aromatic hydroxyl groups is 1. The molecule has 0 spiro atoms. The van der Waals surface area contributed by atoms with Crippen LogP contribution in [0.25, 0.3) is 5.76 Å². The van der Waals surface area contributed by atoms with Crippen LogP contribution < -0.4 is 10.5 Å². The van der Waals surface area contributed by atoms with Crippen LogP contribution in [0.1, 0.15) is 30.0 Å². The number of hydrogen-bond donors (Lipinski definition) is 5. The number of benzene rings is 1. The van der Waals surface area contributed by atoms with E-state index < -0.39 is 64.7 Å². The Morgan fingerprint density at radius 3 is 2.46 bits per heavy atom. The quantitative estimate of drug-likeness (QED) is 0.292. The monoisotopic (exact) mass is 547 g/mol. The Morgan fingerprint density at radius 2 is 1.92 bits per heavy atom. The summed E-state index contributed by atoms with van der Waals surface area (Å²) in [5.74, 6) is -6.78. The van der Waals surface area contributed by atoms with Crippen LogP contribution in [0, 0.1) is 11.8 Å². The number of Topliss-reactive ketones (excluding diaryl/α,β-unsaturated/α-hetero) is 2. The van der Waals surface area contributed by atoms with Gasteiger partial charge in [0.25, 0.3) is 5.91 Å². The summed E-state index contributed by atoms with van der Waals surface area (Å²) >= 11 is 0. The summed E-state index contributed by atoms with van der Waals surface area (Å²) in [5.41, 5.74) is 2.47. The van der Waals surface area contributed by atoms with Crippen LogP contribution in [0.15, 0.2) is 23.0 Å². The molecule has 12 heteroatoms. The lowest BCUT2D eigenvalue weighted by atomic mass is 9.57.